The lowest BCUT2D eigenvalue weighted by Crippen LogP contribution is -2.25. The summed E-state index contributed by atoms with van der Waals surface area (Å²) in [5, 5.41) is 28.0. The Kier molecular flexibility index (Phi) is 13.0. The maximum Gasteiger partial charge on any atom is 0.303 e. The van der Waals surface area contributed by atoms with Crippen LogP contribution in [0.25, 0.3) is 0 Å². The molecule has 3 N–H and O–H groups in total. The van der Waals surface area contributed by atoms with E-state index in [2.05, 4.69) is 6.92 Å². The van der Waals surface area contributed by atoms with Crippen molar-refractivity contribution in [2.75, 3.05) is 0 Å². The normalized spacial score (nSPS) is 14.2. The van der Waals surface area contributed by atoms with Gasteiger partial charge in [-0.25, -0.2) is 0 Å². The molecule has 0 radical (unpaired) electrons. The van der Waals surface area contributed by atoms with E-state index in [-0.39, 0.29) is 6.42 Å². The summed E-state index contributed by atoms with van der Waals surface area (Å²) in [6.45, 7) is 2.08. The molecule has 4 nitrogen and oxygen atoms in total. The SMILES string of the molecule is CCCCC(O)C(O)CCCCCCCCCC(=O)O. The number of hydrogen-bond acceptors (Lipinski definition) is 3. The maximum absolute atomic E-state index is 10.3. The third kappa shape index (κ3) is 12.4. The van der Waals surface area contributed by atoms with Crippen LogP contribution in [0.4, 0.5) is 0 Å². The first-order valence-corrected chi connectivity index (χ1v) is 8.15. The summed E-state index contributed by atoms with van der Waals surface area (Å²) in [4.78, 5) is 10.3. The second-order valence-corrected chi connectivity index (χ2v) is 5.68. The molecule has 120 valence electrons. The lowest BCUT2D eigenvalue weighted by molar-refractivity contribution is -0.137. The monoisotopic (exact) mass is 288 g/mol. The predicted octanol–water partition coefficient (Wildman–Crippen LogP) is 3.49. The van der Waals surface area contributed by atoms with E-state index in [1.807, 2.05) is 0 Å². The molecule has 0 heterocycles. The first kappa shape index (κ1) is 19.4. The molecule has 0 spiro atoms. The zero-order chi connectivity index (χ0) is 15.2. The van der Waals surface area contributed by atoms with E-state index in [1.54, 1.807) is 0 Å². The van der Waals surface area contributed by atoms with Crippen LogP contribution in [0.15, 0.2) is 0 Å². The molecule has 2 atom stereocenters. The van der Waals surface area contributed by atoms with Gasteiger partial charge in [0.2, 0.25) is 0 Å². The van der Waals surface area contributed by atoms with E-state index in [4.69, 9.17) is 5.11 Å². The molecular formula is C16H32O4. The number of carboxylic acids is 1. The Labute approximate surface area is 123 Å². The van der Waals surface area contributed by atoms with Crippen molar-refractivity contribution < 1.29 is 20.1 Å². The van der Waals surface area contributed by atoms with Crippen molar-refractivity contribution in [2.24, 2.45) is 0 Å². The molecule has 0 saturated carbocycles. The Morgan fingerprint density at radius 2 is 1.25 bits per heavy atom. The van der Waals surface area contributed by atoms with Crippen LogP contribution in [0.1, 0.15) is 84.0 Å². The number of carbonyl (C=O) groups is 1. The van der Waals surface area contributed by atoms with Crippen LogP contribution in [0.5, 0.6) is 0 Å². The van der Waals surface area contributed by atoms with Crippen molar-refractivity contribution >= 4 is 5.97 Å². The highest BCUT2D eigenvalue weighted by atomic mass is 16.4. The number of aliphatic carboxylic acids is 1. The van der Waals surface area contributed by atoms with Gasteiger partial charge in [-0.15, -0.1) is 0 Å². The molecule has 4 heteroatoms. The van der Waals surface area contributed by atoms with Crippen molar-refractivity contribution in [1.82, 2.24) is 0 Å². The van der Waals surface area contributed by atoms with E-state index >= 15 is 0 Å². The quantitative estimate of drug-likeness (QED) is 0.428. The summed E-state index contributed by atoms with van der Waals surface area (Å²) >= 11 is 0. The van der Waals surface area contributed by atoms with Crippen molar-refractivity contribution in [1.29, 1.82) is 0 Å². The number of hydrogen-bond donors (Lipinski definition) is 3. The molecule has 0 aliphatic carbocycles. The smallest absolute Gasteiger partial charge is 0.303 e. The van der Waals surface area contributed by atoms with Gasteiger partial charge in [0.05, 0.1) is 12.2 Å². The fourth-order valence-corrected chi connectivity index (χ4v) is 2.31. The molecular weight excluding hydrogens is 256 g/mol. The van der Waals surface area contributed by atoms with Crippen LogP contribution >= 0.6 is 0 Å². The first-order chi connectivity index (χ1) is 9.57. The molecule has 0 aromatic carbocycles. The summed E-state index contributed by atoms with van der Waals surface area (Å²) < 4.78 is 0. The third-order valence-corrected chi connectivity index (χ3v) is 3.69. The first-order valence-electron chi connectivity index (χ1n) is 8.15. The van der Waals surface area contributed by atoms with E-state index in [1.165, 1.54) is 0 Å². The Morgan fingerprint density at radius 3 is 1.75 bits per heavy atom. The Bertz CT molecular complexity index is 231. The molecule has 0 bridgehead atoms. The molecule has 0 fully saturated rings. The molecule has 20 heavy (non-hydrogen) atoms. The Balaban J connectivity index is 3.28. The molecule has 0 aliphatic rings. The lowest BCUT2D eigenvalue weighted by Gasteiger charge is -2.17. The molecule has 0 aromatic heterocycles. The lowest BCUT2D eigenvalue weighted by atomic mass is 10.0. The van der Waals surface area contributed by atoms with Crippen molar-refractivity contribution in [3.8, 4) is 0 Å². The molecule has 0 saturated heterocycles. The van der Waals surface area contributed by atoms with Gasteiger partial charge in [0.1, 0.15) is 0 Å². The second kappa shape index (κ2) is 13.4. The van der Waals surface area contributed by atoms with E-state index in [9.17, 15) is 15.0 Å². The van der Waals surface area contributed by atoms with Gasteiger partial charge in [-0.2, -0.15) is 0 Å². The average Bonchev–Trinajstić information content (AvgIpc) is 2.42. The molecule has 0 aromatic rings. The number of aliphatic hydroxyl groups is 2. The summed E-state index contributed by atoms with van der Waals surface area (Å²) in [6.07, 6.45) is 9.70. The second-order valence-electron chi connectivity index (χ2n) is 5.68. The standard InChI is InChI=1S/C16H32O4/c1-2-3-11-14(17)15(18)12-9-7-5-4-6-8-10-13-16(19)20/h14-15,17-18H,2-13H2,1H3,(H,19,20). The van der Waals surface area contributed by atoms with Gasteiger partial charge in [-0.05, 0) is 19.3 Å². The highest BCUT2D eigenvalue weighted by Crippen LogP contribution is 2.14. The van der Waals surface area contributed by atoms with E-state index < -0.39 is 18.2 Å². The van der Waals surface area contributed by atoms with Crippen LogP contribution in [0.2, 0.25) is 0 Å². The van der Waals surface area contributed by atoms with E-state index in [0.717, 1.165) is 57.8 Å². The average molecular weight is 288 g/mol. The number of rotatable bonds is 14. The van der Waals surface area contributed by atoms with Gasteiger partial charge in [-0.3, -0.25) is 4.79 Å². The summed E-state index contributed by atoms with van der Waals surface area (Å²) in [6, 6.07) is 0. The number of aliphatic hydroxyl groups excluding tert-OH is 2. The van der Waals surface area contributed by atoms with Gasteiger partial charge in [0.25, 0.3) is 0 Å². The Hall–Kier alpha value is -0.610. The molecule has 2 unspecified atom stereocenters. The zero-order valence-corrected chi connectivity index (χ0v) is 12.9. The van der Waals surface area contributed by atoms with Gasteiger partial charge < -0.3 is 15.3 Å². The summed E-state index contributed by atoms with van der Waals surface area (Å²) in [5.74, 6) is -0.708. The van der Waals surface area contributed by atoms with Crippen LogP contribution in [0, 0.1) is 0 Å². The summed E-state index contributed by atoms with van der Waals surface area (Å²) in [5.41, 5.74) is 0. The number of unbranched alkanes of at least 4 members (excludes halogenated alkanes) is 7. The van der Waals surface area contributed by atoms with Crippen molar-refractivity contribution in [2.45, 2.75) is 96.2 Å². The van der Waals surface area contributed by atoms with Crippen LogP contribution in [0.3, 0.4) is 0 Å². The molecule has 0 aliphatic heterocycles. The van der Waals surface area contributed by atoms with Gasteiger partial charge in [0, 0.05) is 6.42 Å². The summed E-state index contributed by atoms with van der Waals surface area (Å²) in [7, 11) is 0. The largest absolute Gasteiger partial charge is 0.481 e. The molecule has 0 amide bonds. The highest BCUT2D eigenvalue weighted by Gasteiger charge is 2.14. The zero-order valence-electron chi connectivity index (χ0n) is 12.9. The topological polar surface area (TPSA) is 77.8 Å². The number of carboxylic acid groups (broad SMARTS) is 1. The van der Waals surface area contributed by atoms with Gasteiger partial charge >= 0.3 is 5.97 Å². The third-order valence-electron chi connectivity index (χ3n) is 3.69. The Morgan fingerprint density at radius 1 is 0.800 bits per heavy atom. The maximum atomic E-state index is 10.3. The van der Waals surface area contributed by atoms with Crippen LogP contribution in [-0.4, -0.2) is 33.5 Å². The fourth-order valence-electron chi connectivity index (χ4n) is 2.31. The minimum Gasteiger partial charge on any atom is -0.481 e. The van der Waals surface area contributed by atoms with Gasteiger partial charge in [-0.1, -0.05) is 58.3 Å². The minimum atomic E-state index is -0.708. The van der Waals surface area contributed by atoms with Crippen LogP contribution in [-0.2, 0) is 4.79 Å². The van der Waals surface area contributed by atoms with Crippen molar-refractivity contribution in [3.63, 3.8) is 0 Å². The van der Waals surface area contributed by atoms with E-state index in [0.29, 0.717) is 12.8 Å². The van der Waals surface area contributed by atoms with Crippen LogP contribution < -0.4 is 0 Å². The predicted molar refractivity (Wildman–Crippen MR) is 80.7 cm³/mol. The fraction of sp³-hybridized carbons (Fsp3) is 0.938. The van der Waals surface area contributed by atoms with Gasteiger partial charge in [0.15, 0.2) is 0 Å². The molecule has 0 rings (SSSR count). The minimum absolute atomic E-state index is 0.280. The van der Waals surface area contributed by atoms with Crippen molar-refractivity contribution in [3.05, 3.63) is 0 Å². The highest BCUT2D eigenvalue weighted by molar-refractivity contribution is 5.66.